The molecule has 0 aliphatic carbocycles. The standard InChI is InChI=1S/C28H47N/c1-6-7-8-9-10-11-12-13-14-15-16-17-18-19-22-29-25(3)28(4,5)26-23-24(2)20-21-27(26)29/h20-21,23H,3,6-19,22H2,1-2,4-5H3. The Hall–Kier alpha value is -1.24. The van der Waals surface area contributed by atoms with Crippen molar-refractivity contribution in [3.8, 4) is 0 Å². The number of allylic oxidation sites excluding steroid dienone is 1. The van der Waals surface area contributed by atoms with Crippen LogP contribution in [0.25, 0.3) is 0 Å². The molecule has 0 N–H and O–H groups in total. The number of anilines is 1. The highest BCUT2D eigenvalue weighted by Gasteiger charge is 2.38. The third-order valence-electron chi connectivity index (χ3n) is 6.90. The lowest BCUT2D eigenvalue weighted by molar-refractivity contribution is 0.535. The molecule has 1 aliphatic heterocycles. The van der Waals surface area contributed by atoms with Crippen LogP contribution in [-0.4, -0.2) is 6.54 Å². The molecule has 1 heterocycles. The average Bonchev–Trinajstić information content (AvgIpc) is 2.88. The van der Waals surface area contributed by atoms with E-state index in [1.54, 1.807) is 0 Å². The number of benzene rings is 1. The highest BCUT2D eigenvalue weighted by atomic mass is 15.2. The van der Waals surface area contributed by atoms with Crippen LogP contribution >= 0.6 is 0 Å². The van der Waals surface area contributed by atoms with Crippen molar-refractivity contribution < 1.29 is 0 Å². The van der Waals surface area contributed by atoms with Crippen molar-refractivity contribution in [2.24, 2.45) is 0 Å². The summed E-state index contributed by atoms with van der Waals surface area (Å²) in [4.78, 5) is 2.48. The van der Waals surface area contributed by atoms with Crippen molar-refractivity contribution in [3.63, 3.8) is 0 Å². The number of rotatable bonds is 15. The van der Waals surface area contributed by atoms with Crippen molar-refractivity contribution >= 4 is 5.69 Å². The van der Waals surface area contributed by atoms with Crippen LogP contribution in [-0.2, 0) is 5.41 Å². The fraction of sp³-hybridized carbons (Fsp3) is 0.714. The van der Waals surface area contributed by atoms with Crippen molar-refractivity contribution in [3.05, 3.63) is 41.6 Å². The Labute approximate surface area is 182 Å². The van der Waals surface area contributed by atoms with Crippen LogP contribution < -0.4 is 4.90 Å². The lowest BCUT2D eigenvalue weighted by Gasteiger charge is -2.25. The minimum atomic E-state index is 0.0668. The van der Waals surface area contributed by atoms with Crippen LogP contribution in [0.1, 0.15) is 122 Å². The summed E-state index contributed by atoms with van der Waals surface area (Å²) in [5.41, 5.74) is 5.53. The molecule has 0 unspecified atom stereocenters. The van der Waals surface area contributed by atoms with Gasteiger partial charge in [-0.15, -0.1) is 0 Å². The third kappa shape index (κ3) is 7.19. The maximum atomic E-state index is 4.44. The van der Waals surface area contributed by atoms with Crippen molar-refractivity contribution in [2.45, 2.75) is 123 Å². The highest BCUT2D eigenvalue weighted by molar-refractivity contribution is 5.70. The van der Waals surface area contributed by atoms with E-state index in [1.165, 1.54) is 112 Å². The van der Waals surface area contributed by atoms with E-state index in [1.807, 2.05) is 0 Å². The number of hydrogen-bond donors (Lipinski definition) is 0. The van der Waals surface area contributed by atoms with Crippen molar-refractivity contribution in [1.29, 1.82) is 0 Å². The molecule has 164 valence electrons. The Kier molecular flexibility index (Phi) is 10.3. The van der Waals surface area contributed by atoms with Gasteiger partial charge in [0.2, 0.25) is 0 Å². The molecule has 0 aromatic heterocycles. The first-order chi connectivity index (χ1) is 14.0. The minimum absolute atomic E-state index is 0.0668. The Morgan fingerprint density at radius 1 is 0.759 bits per heavy atom. The second-order valence-corrected chi connectivity index (χ2v) is 9.84. The second kappa shape index (κ2) is 12.5. The number of unbranched alkanes of at least 4 members (excludes halogenated alkanes) is 13. The maximum absolute atomic E-state index is 4.44. The molecule has 1 aromatic rings. The number of aryl methyl sites for hydroxylation is 1. The molecule has 0 amide bonds. The molecule has 2 rings (SSSR count). The van der Waals surface area contributed by atoms with Crippen LogP contribution in [0, 0.1) is 6.92 Å². The van der Waals surface area contributed by atoms with Gasteiger partial charge in [0, 0.05) is 23.3 Å². The smallest absolute Gasteiger partial charge is 0.0450 e. The number of fused-ring (bicyclic) bond motifs is 1. The first-order valence-corrected chi connectivity index (χ1v) is 12.6. The lowest BCUT2D eigenvalue weighted by Crippen LogP contribution is -2.26. The topological polar surface area (TPSA) is 3.24 Å². The molecule has 1 nitrogen and oxygen atoms in total. The van der Waals surface area contributed by atoms with Gasteiger partial charge in [-0.05, 0) is 25.0 Å². The summed E-state index contributed by atoms with van der Waals surface area (Å²) in [5, 5.41) is 0. The maximum Gasteiger partial charge on any atom is 0.0450 e. The zero-order valence-electron chi connectivity index (χ0n) is 20.0. The van der Waals surface area contributed by atoms with E-state index in [0.29, 0.717) is 0 Å². The average molecular weight is 398 g/mol. The lowest BCUT2D eigenvalue weighted by atomic mass is 9.84. The van der Waals surface area contributed by atoms with E-state index in [4.69, 9.17) is 0 Å². The van der Waals surface area contributed by atoms with Gasteiger partial charge in [0.05, 0.1) is 0 Å². The summed E-state index contributed by atoms with van der Waals surface area (Å²) in [6.07, 6.45) is 19.8. The summed E-state index contributed by atoms with van der Waals surface area (Å²) in [6.45, 7) is 14.7. The molecule has 29 heavy (non-hydrogen) atoms. The molecule has 0 fully saturated rings. The van der Waals surface area contributed by atoms with E-state index in [0.717, 1.165) is 6.54 Å². The zero-order valence-corrected chi connectivity index (χ0v) is 20.0. The summed E-state index contributed by atoms with van der Waals surface area (Å²) < 4.78 is 0. The number of nitrogens with zero attached hydrogens (tertiary/aromatic N) is 1. The fourth-order valence-corrected chi connectivity index (χ4v) is 4.74. The van der Waals surface area contributed by atoms with Crippen molar-refractivity contribution in [2.75, 3.05) is 11.4 Å². The van der Waals surface area contributed by atoms with Gasteiger partial charge in [-0.2, -0.15) is 0 Å². The van der Waals surface area contributed by atoms with Crippen LogP contribution in [0.5, 0.6) is 0 Å². The van der Waals surface area contributed by atoms with Gasteiger partial charge in [0.15, 0.2) is 0 Å². The largest absolute Gasteiger partial charge is 0.345 e. The molecule has 1 aliphatic rings. The van der Waals surface area contributed by atoms with Crippen LogP contribution in [0.4, 0.5) is 5.69 Å². The highest BCUT2D eigenvalue weighted by Crippen LogP contribution is 2.47. The normalized spacial score (nSPS) is 15.2. The van der Waals surface area contributed by atoms with Gasteiger partial charge < -0.3 is 4.90 Å². The first kappa shape index (κ1) is 24.0. The van der Waals surface area contributed by atoms with E-state index in [-0.39, 0.29) is 5.41 Å². The van der Waals surface area contributed by atoms with E-state index >= 15 is 0 Å². The molecule has 0 bridgehead atoms. The van der Waals surface area contributed by atoms with Gasteiger partial charge in [-0.25, -0.2) is 0 Å². The predicted octanol–water partition coefficient (Wildman–Crippen LogP) is 9.09. The summed E-state index contributed by atoms with van der Waals surface area (Å²) >= 11 is 0. The minimum Gasteiger partial charge on any atom is -0.345 e. The Balaban J connectivity index is 1.53. The van der Waals surface area contributed by atoms with Gasteiger partial charge in [0.1, 0.15) is 0 Å². The van der Waals surface area contributed by atoms with E-state index < -0.39 is 0 Å². The Morgan fingerprint density at radius 2 is 1.24 bits per heavy atom. The first-order valence-electron chi connectivity index (χ1n) is 12.6. The van der Waals surface area contributed by atoms with Gasteiger partial charge >= 0.3 is 0 Å². The van der Waals surface area contributed by atoms with E-state index in [2.05, 4.69) is 57.4 Å². The van der Waals surface area contributed by atoms with Gasteiger partial charge in [0.25, 0.3) is 0 Å². The van der Waals surface area contributed by atoms with E-state index in [9.17, 15) is 0 Å². The zero-order chi connectivity index (χ0) is 21.1. The summed E-state index contributed by atoms with van der Waals surface area (Å²) in [7, 11) is 0. The summed E-state index contributed by atoms with van der Waals surface area (Å²) in [5.74, 6) is 0. The SMILES string of the molecule is C=C1N(CCCCCCCCCCCCCCCC)c2ccc(C)cc2C1(C)C. The van der Waals surface area contributed by atoms with Gasteiger partial charge in [-0.3, -0.25) is 0 Å². The summed E-state index contributed by atoms with van der Waals surface area (Å²) in [6, 6.07) is 6.89. The quantitative estimate of drug-likeness (QED) is 0.267. The molecule has 0 saturated carbocycles. The molecule has 0 atom stereocenters. The number of hydrogen-bond acceptors (Lipinski definition) is 1. The van der Waals surface area contributed by atoms with Crippen molar-refractivity contribution in [1.82, 2.24) is 0 Å². The molecule has 0 spiro atoms. The molecule has 0 radical (unpaired) electrons. The molecule has 1 aromatic carbocycles. The molecular weight excluding hydrogens is 350 g/mol. The molecular formula is C28H47N. The molecule has 0 saturated heterocycles. The van der Waals surface area contributed by atoms with Crippen LogP contribution in [0.3, 0.4) is 0 Å². The third-order valence-corrected chi connectivity index (χ3v) is 6.90. The Morgan fingerprint density at radius 3 is 1.76 bits per heavy atom. The monoisotopic (exact) mass is 397 g/mol. The van der Waals surface area contributed by atoms with Crippen LogP contribution in [0.2, 0.25) is 0 Å². The fourth-order valence-electron chi connectivity index (χ4n) is 4.74. The van der Waals surface area contributed by atoms with Gasteiger partial charge in [-0.1, -0.05) is 129 Å². The molecule has 1 heteroatoms. The predicted molar refractivity (Wildman–Crippen MR) is 131 cm³/mol. The Bertz CT molecular complexity index is 613. The van der Waals surface area contributed by atoms with Crippen LogP contribution in [0.15, 0.2) is 30.5 Å². The second-order valence-electron chi connectivity index (χ2n) is 9.84.